The van der Waals surface area contributed by atoms with Crippen molar-refractivity contribution in [2.75, 3.05) is 30.3 Å². The minimum absolute atomic E-state index is 0.289. The maximum Gasteiger partial charge on any atom is 0.407 e. The summed E-state index contributed by atoms with van der Waals surface area (Å²) in [7, 11) is 0. The van der Waals surface area contributed by atoms with Gasteiger partial charge in [0.15, 0.2) is 0 Å². The van der Waals surface area contributed by atoms with Crippen molar-refractivity contribution in [3.8, 4) is 0 Å². The lowest BCUT2D eigenvalue weighted by molar-refractivity contribution is 0.0529. The van der Waals surface area contributed by atoms with Crippen molar-refractivity contribution in [2.24, 2.45) is 15.9 Å². The Morgan fingerprint density at radius 2 is 2.09 bits per heavy atom. The van der Waals surface area contributed by atoms with Crippen LogP contribution in [0.15, 0.2) is 40.6 Å². The average molecular weight is 459 g/mol. The smallest absolute Gasteiger partial charge is 0.407 e. The number of carbonyl (C=O) groups excluding carboxylic acids is 1. The highest BCUT2D eigenvalue weighted by atomic mass is 19.1. The van der Waals surface area contributed by atoms with Gasteiger partial charge in [-0.2, -0.15) is 10.1 Å². The largest absolute Gasteiger partial charge is 0.444 e. The first kappa shape index (κ1) is 25.5. The molecular weight excluding hydrogens is 427 g/mol. The van der Waals surface area contributed by atoms with Crippen LogP contribution in [0.25, 0.3) is 0 Å². The van der Waals surface area contributed by atoms with Crippen molar-refractivity contribution in [2.45, 2.75) is 39.7 Å². The Morgan fingerprint density at radius 3 is 2.76 bits per heavy atom. The van der Waals surface area contributed by atoms with Gasteiger partial charge in [0.2, 0.25) is 5.95 Å². The van der Waals surface area contributed by atoms with Crippen LogP contribution in [0.5, 0.6) is 0 Å². The van der Waals surface area contributed by atoms with E-state index in [-0.39, 0.29) is 18.3 Å². The number of rotatable bonds is 10. The Kier molecular flexibility index (Phi) is 9.52. The Morgan fingerprint density at radius 1 is 1.30 bits per heavy atom. The van der Waals surface area contributed by atoms with Gasteiger partial charge in [-0.3, -0.25) is 4.99 Å². The molecule has 0 radical (unpaired) electrons. The SMILES string of the molecule is CCCNc1nc(Nc2cccc(F)c2)ncc1C(C=NCCNC(=O)OC(C)(C)C)=NN. The van der Waals surface area contributed by atoms with Crippen LogP contribution < -0.4 is 21.8 Å². The number of anilines is 3. The van der Waals surface area contributed by atoms with E-state index in [2.05, 4.69) is 36.0 Å². The Balaban J connectivity index is 2.08. The molecule has 0 fully saturated rings. The fourth-order valence-corrected chi connectivity index (χ4v) is 2.56. The van der Waals surface area contributed by atoms with Crippen LogP contribution >= 0.6 is 0 Å². The molecule has 0 saturated carbocycles. The van der Waals surface area contributed by atoms with Crippen molar-refractivity contribution < 1.29 is 13.9 Å². The number of aromatic nitrogens is 2. The molecule has 0 bridgehead atoms. The number of carbonyl (C=O) groups is 1. The molecule has 2 rings (SSSR count). The topological polar surface area (TPSA) is 139 Å². The molecule has 0 atom stereocenters. The third-order valence-corrected chi connectivity index (χ3v) is 3.95. The zero-order chi connectivity index (χ0) is 24.3. The lowest BCUT2D eigenvalue weighted by Gasteiger charge is -2.19. The zero-order valence-electron chi connectivity index (χ0n) is 19.4. The number of alkyl carbamates (subject to hydrolysis) is 1. The minimum Gasteiger partial charge on any atom is -0.444 e. The molecule has 178 valence electrons. The van der Waals surface area contributed by atoms with E-state index in [9.17, 15) is 9.18 Å². The van der Waals surface area contributed by atoms with Crippen molar-refractivity contribution in [3.63, 3.8) is 0 Å². The highest BCUT2D eigenvalue weighted by Gasteiger charge is 2.15. The summed E-state index contributed by atoms with van der Waals surface area (Å²) in [6.45, 7) is 8.65. The lowest BCUT2D eigenvalue weighted by atomic mass is 10.2. The van der Waals surface area contributed by atoms with Gasteiger partial charge in [-0.05, 0) is 45.4 Å². The van der Waals surface area contributed by atoms with Gasteiger partial charge >= 0.3 is 6.09 Å². The highest BCUT2D eigenvalue weighted by Crippen LogP contribution is 2.19. The average Bonchev–Trinajstić information content (AvgIpc) is 2.74. The number of halogens is 1. The third kappa shape index (κ3) is 9.09. The van der Waals surface area contributed by atoms with Crippen molar-refractivity contribution in [3.05, 3.63) is 41.8 Å². The molecular formula is C22H31FN8O2. The summed E-state index contributed by atoms with van der Waals surface area (Å²) in [6.07, 6.45) is 3.41. The van der Waals surface area contributed by atoms with Gasteiger partial charge in [0.25, 0.3) is 0 Å². The summed E-state index contributed by atoms with van der Waals surface area (Å²) in [5.41, 5.74) is 0.878. The number of benzene rings is 1. The third-order valence-electron chi connectivity index (χ3n) is 3.95. The first-order valence-electron chi connectivity index (χ1n) is 10.6. The fourth-order valence-electron chi connectivity index (χ4n) is 2.56. The number of aliphatic imine (C=N–C) groups is 1. The van der Waals surface area contributed by atoms with Crippen LogP contribution in [0.4, 0.5) is 26.6 Å². The standard InChI is InChI=1S/C22H31FN8O2/c1-5-9-26-19-17(13-28-20(30-19)29-16-8-6-7-15(23)12-16)18(31-24)14-25-10-11-27-21(32)33-22(2,3)4/h6-8,12-14H,5,9-11,24H2,1-4H3,(H,27,32)(H2,26,28,29,30). The fraction of sp³-hybridized carbons (Fsp3) is 0.409. The van der Waals surface area contributed by atoms with Crippen molar-refractivity contribution in [1.82, 2.24) is 15.3 Å². The van der Waals surface area contributed by atoms with Gasteiger partial charge < -0.3 is 26.5 Å². The molecule has 1 aromatic heterocycles. The second-order valence-electron chi connectivity index (χ2n) is 8.00. The van der Waals surface area contributed by atoms with Gasteiger partial charge in [0.05, 0.1) is 12.1 Å². The van der Waals surface area contributed by atoms with Crippen LogP contribution in [0.1, 0.15) is 39.7 Å². The van der Waals surface area contributed by atoms with E-state index in [4.69, 9.17) is 10.6 Å². The van der Waals surface area contributed by atoms with E-state index in [0.29, 0.717) is 35.9 Å². The van der Waals surface area contributed by atoms with Crippen molar-refractivity contribution >= 4 is 35.5 Å². The van der Waals surface area contributed by atoms with Crippen LogP contribution in [0.2, 0.25) is 0 Å². The van der Waals surface area contributed by atoms with E-state index in [1.54, 1.807) is 39.1 Å². The molecule has 33 heavy (non-hydrogen) atoms. The number of hydrogen-bond acceptors (Lipinski definition) is 9. The first-order valence-corrected chi connectivity index (χ1v) is 10.6. The van der Waals surface area contributed by atoms with E-state index in [0.717, 1.165) is 6.42 Å². The molecule has 10 nitrogen and oxygen atoms in total. The van der Waals surface area contributed by atoms with Crippen LogP contribution in [-0.4, -0.2) is 53.2 Å². The Hall–Kier alpha value is -3.76. The summed E-state index contributed by atoms with van der Waals surface area (Å²) in [5.74, 6) is 6.01. The van der Waals surface area contributed by atoms with Gasteiger partial charge in [0, 0.05) is 31.2 Å². The summed E-state index contributed by atoms with van der Waals surface area (Å²) < 4.78 is 18.6. The maximum absolute atomic E-state index is 13.5. The first-order chi connectivity index (χ1) is 15.7. The maximum atomic E-state index is 13.5. The van der Waals surface area contributed by atoms with Gasteiger partial charge in [0.1, 0.15) is 22.9 Å². The molecule has 0 aliphatic heterocycles. The van der Waals surface area contributed by atoms with E-state index >= 15 is 0 Å². The molecule has 1 heterocycles. The normalized spacial score (nSPS) is 12.0. The highest BCUT2D eigenvalue weighted by molar-refractivity contribution is 6.39. The van der Waals surface area contributed by atoms with E-state index in [1.165, 1.54) is 18.3 Å². The van der Waals surface area contributed by atoms with Gasteiger partial charge in [-0.1, -0.05) is 13.0 Å². The molecule has 0 aliphatic rings. The number of nitrogens with zero attached hydrogens (tertiary/aromatic N) is 4. The number of hydrazone groups is 1. The quantitative estimate of drug-likeness (QED) is 0.185. The molecule has 1 aromatic carbocycles. The number of nitrogens with one attached hydrogen (secondary N) is 3. The van der Waals surface area contributed by atoms with Crippen molar-refractivity contribution in [1.29, 1.82) is 0 Å². The van der Waals surface area contributed by atoms with Gasteiger partial charge in [-0.15, -0.1) is 0 Å². The zero-order valence-corrected chi connectivity index (χ0v) is 19.4. The number of ether oxygens (including phenoxy) is 1. The number of amides is 1. The second kappa shape index (κ2) is 12.3. The molecule has 5 N–H and O–H groups in total. The molecule has 0 saturated heterocycles. The molecule has 0 aliphatic carbocycles. The van der Waals surface area contributed by atoms with Crippen LogP contribution in [-0.2, 0) is 4.74 Å². The molecule has 0 unspecified atom stereocenters. The molecule has 11 heteroatoms. The molecule has 0 spiro atoms. The number of hydrogen-bond donors (Lipinski definition) is 4. The predicted molar refractivity (Wildman–Crippen MR) is 129 cm³/mol. The van der Waals surface area contributed by atoms with Gasteiger partial charge in [-0.25, -0.2) is 14.2 Å². The summed E-state index contributed by atoms with van der Waals surface area (Å²) in [6, 6.07) is 6.01. The van der Waals surface area contributed by atoms with E-state index in [1.807, 2.05) is 6.92 Å². The predicted octanol–water partition coefficient (Wildman–Crippen LogP) is 3.44. The minimum atomic E-state index is -0.565. The summed E-state index contributed by atoms with van der Waals surface area (Å²) in [4.78, 5) is 24.7. The number of nitrogens with two attached hydrogens (primary N) is 1. The van der Waals surface area contributed by atoms with E-state index < -0.39 is 11.7 Å². The summed E-state index contributed by atoms with van der Waals surface area (Å²) in [5, 5.41) is 12.6. The van der Waals surface area contributed by atoms with Crippen LogP contribution in [0.3, 0.4) is 0 Å². The monoisotopic (exact) mass is 458 g/mol. The second-order valence-corrected chi connectivity index (χ2v) is 8.00. The summed E-state index contributed by atoms with van der Waals surface area (Å²) >= 11 is 0. The molecule has 1 amide bonds. The Bertz CT molecular complexity index is 989. The lowest BCUT2D eigenvalue weighted by Crippen LogP contribution is -2.33. The van der Waals surface area contributed by atoms with Crippen LogP contribution in [0, 0.1) is 5.82 Å². The Labute approximate surface area is 192 Å². The molecule has 2 aromatic rings.